The fourth-order valence-electron chi connectivity index (χ4n) is 2.91. The number of para-hydroxylation sites is 1. The number of rotatable bonds is 2. The van der Waals surface area contributed by atoms with E-state index in [4.69, 9.17) is 4.74 Å². The van der Waals surface area contributed by atoms with Crippen LogP contribution in [0.3, 0.4) is 0 Å². The van der Waals surface area contributed by atoms with E-state index in [1.807, 2.05) is 29.5 Å². The molecule has 0 N–H and O–H groups in total. The maximum Gasteiger partial charge on any atom is 0.273 e. The van der Waals surface area contributed by atoms with E-state index in [-0.39, 0.29) is 5.91 Å². The summed E-state index contributed by atoms with van der Waals surface area (Å²) in [5, 5.41) is 3.91. The average Bonchev–Trinajstić information content (AvgIpc) is 3.20. The summed E-state index contributed by atoms with van der Waals surface area (Å²) in [7, 11) is 2.03. The third kappa shape index (κ3) is 2.54. The maximum atomic E-state index is 12.5. The number of hydrogen-bond acceptors (Lipinski definition) is 4. The highest BCUT2D eigenvalue weighted by Gasteiger charge is 2.21. The molecule has 0 spiro atoms. The number of amides is 1. The molecule has 1 aliphatic rings. The van der Waals surface area contributed by atoms with Gasteiger partial charge in [-0.2, -0.15) is 0 Å². The Labute approximate surface area is 138 Å². The van der Waals surface area contributed by atoms with Crippen LogP contribution in [-0.2, 0) is 11.8 Å². The molecule has 3 aromatic rings. The molecular formula is C17H17N3O2S. The molecule has 1 saturated heterocycles. The quantitative estimate of drug-likeness (QED) is 0.727. The smallest absolute Gasteiger partial charge is 0.273 e. The van der Waals surface area contributed by atoms with E-state index >= 15 is 0 Å². The van der Waals surface area contributed by atoms with E-state index in [9.17, 15) is 4.79 Å². The third-order valence-corrected chi connectivity index (χ3v) is 5.06. The molecule has 2 aromatic heterocycles. The van der Waals surface area contributed by atoms with Gasteiger partial charge in [0, 0.05) is 36.4 Å². The second-order valence-corrected chi connectivity index (χ2v) is 6.45. The van der Waals surface area contributed by atoms with E-state index in [0.717, 1.165) is 10.7 Å². The molecule has 0 aliphatic carbocycles. The van der Waals surface area contributed by atoms with Crippen molar-refractivity contribution >= 4 is 28.1 Å². The van der Waals surface area contributed by atoms with Crippen LogP contribution in [0.15, 0.2) is 35.7 Å². The Hall–Kier alpha value is -2.18. The van der Waals surface area contributed by atoms with Gasteiger partial charge in [-0.1, -0.05) is 18.2 Å². The normalized spacial score (nSPS) is 15.3. The van der Waals surface area contributed by atoms with Crippen LogP contribution in [-0.4, -0.2) is 46.7 Å². The van der Waals surface area contributed by atoms with E-state index in [0.29, 0.717) is 32.0 Å². The van der Waals surface area contributed by atoms with Gasteiger partial charge in [0.2, 0.25) is 0 Å². The lowest BCUT2D eigenvalue weighted by atomic mass is 10.2. The highest BCUT2D eigenvalue weighted by atomic mass is 32.1. The van der Waals surface area contributed by atoms with Gasteiger partial charge in [0.1, 0.15) is 10.7 Å². The second-order valence-electron chi connectivity index (χ2n) is 5.59. The number of aryl methyl sites for hydroxylation is 1. The molecule has 1 amide bonds. The highest BCUT2D eigenvalue weighted by Crippen LogP contribution is 2.29. The zero-order chi connectivity index (χ0) is 15.8. The van der Waals surface area contributed by atoms with Gasteiger partial charge in [-0.3, -0.25) is 4.79 Å². The highest BCUT2D eigenvalue weighted by molar-refractivity contribution is 7.13. The molecule has 118 valence electrons. The van der Waals surface area contributed by atoms with Gasteiger partial charge in [0.15, 0.2) is 0 Å². The average molecular weight is 327 g/mol. The van der Waals surface area contributed by atoms with Crippen molar-refractivity contribution in [3.63, 3.8) is 0 Å². The first-order chi connectivity index (χ1) is 11.2. The van der Waals surface area contributed by atoms with Crippen molar-refractivity contribution in [1.29, 1.82) is 0 Å². The molecule has 23 heavy (non-hydrogen) atoms. The molecule has 1 aromatic carbocycles. The van der Waals surface area contributed by atoms with Gasteiger partial charge >= 0.3 is 0 Å². The zero-order valence-corrected chi connectivity index (χ0v) is 13.7. The first-order valence-electron chi connectivity index (χ1n) is 7.61. The number of benzene rings is 1. The molecule has 1 fully saturated rings. The fraction of sp³-hybridized carbons (Fsp3) is 0.294. The predicted octanol–water partition coefficient (Wildman–Crippen LogP) is 2.77. The van der Waals surface area contributed by atoms with Gasteiger partial charge in [-0.25, -0.2) is 4.98 Å². The molecule has 0 bridgehead atoms. The summed E-state index contributed by atoms with van der Waals surface area (Å²) >= 11 is 1.51. The van der Waals surface area contributed by atoms with E-state index in [2.05, 4.69) is 27.8 Å². The zero-order valence-electron chi connectivity index (χ0n) is 12.9. The van der Waals surface area contributed by atoms with Gasteiger partial charge < -0.3 is 14.2 Å². The van der Waals surface area contributed by atoms with Crippen LogP contribution in [0.2, 0.25) is 0 Å². The number of morpholine rings is 1. The second kappa shape index (κ2) is 5.79. The lowest BCUT2D eigenvalue weighted by molar-refractivity contribution is 0.0299. The summed E-state index contributed by atoms with van der Waals surface area (Å²) in [6.07, 6.45) is 0. The Kier molecular flexibility index (Phi) is 3.63. The van der Waals surface area contributed by atoms with Crippen molar-refractivity contribution in [2.24, 2.45) is 7.05 Å². The van der Waals surface area contributed by atoms with Gasteiger partial charge in [-0.05, 0) is 12.1 Å². The first-order valence-corrected chi connectivity index (χ1v) is 8.49. The first kappa shape index (κ1) is 14.4. The fourth-order valence-corrected chi connectivity index (χ4v) is 3.76. The molecule has 3 heterocycles. The number of nitrogens with zero attached hydrogens (tertiary/aromatic N) is 3. The van der Waals surface area contributed by atoms with Crippen LogP contribution in [0.25, 0.3) is 21.6 Å². The Balaban J connectivity index is 1.66. The summed E-state index contributed by atoms with van der Waals surface area (Å²) in [4.78, 5) is 18.9. The van der Waals surface area contributed by atoms with Crippen LogP contribution < -0.4 is 0 Å². The molecule has 6 heteroatoms. The monoisotopic (exact) mass is 327 g/mol. The third-order valence-electron chi connectivity index (χ3n) is 4.19. The molecule has 1 aliphatic heterocycles. The molecule has 5 nitrogen and oxygen atoms in total. The van der Waals surface area contributed by atoms with E-state index in [1.54, 1.807) is 0 Å². The standard InChI is InChI=1S/C17H17N3O2S/c1-19-14-5-3-2-4-12(14)10-15(19)16-18-13(11-23-16)17(21)20-6-8-22-9-7-20/h2-5,10-11H,6-9H2,1H3. The van der Waals surface area contributed by atoms with Crippen molar-refractivity contribution < 1.29 is 9.53 Å². The SMILES string of the molecule is Cn1c(-c2nc(C(=O)N3CCOCC3)cs2)cc2ccccc21. The minimum atomic E-state index is -0.00503. The maximum absolute atomic E-state index is 12.5. The van der Waals surface area contributed by atoms with E-state index in [1.165, 1.54) is 22.2 Å². The van der Waals surface area contributed by atoms with Crippen molar-refractivity contribution in [3.05, 3.63) is 41.4 Å². The molecule has 4 rings (SSSR count). The van der Waals surface area contributed by atoms with Crippen LogP contribution >= 0.6 is 11.3 Å². The lowest BCUT2D eigenvalue weighted by Gasteiger charge is -2.25. The van der Waals surface area contributed by atoms with Crippen molar-refractivity contribution in [2.45, 2.75) is 0 Å². The number of hydrogen-bond donors (Lipinski definition) is 0. The van der Waals surface area contributed by atoms with Crippen molar-refractivity contribution in [1.82, 2.24) is 14.5 Å². The Morgan fingerprint density at radius 1 is 1.26 bits per heavy atom. The number of aromatic nitrogens is 2. The van der Waals surface area contributed by atoms with Gasteiger partial charge in [-0.15, -0.1) is 11.3 Å². The molecule has 0 atom stereocenters. The summed E-state index contributed by atoms with van der Waals surface area (Å²) in [6, 6.07) is 10.4. The van der Waals surface area contributed by atoms with Crippen LogP contribution in [0.5, 0.6) is 0 Å². The minimum Gasteiger partial charge on any atom is -0.378 e. The number of carbonyl (C=O) groups excluding carboxylic acids is 1. The van der Waals surface area contributed by atoms with Crippen LogP contribution in [0.4, 0.5) is 0 Å². The minimum absolute atomic E-state index is 0.00503. The molecule has 0 saturated carbocycles. The number of ether oxygens (including phenoxy) is 1. The van der Waals surface area contributed by atoms with Crippen molar-refractivity contribution in [3.8, 4) is 10.7 Å². The Morgan fingerprint density at radius 3 is 2.83 bits per heavy atom. The number of thiazole rings is 1. The van der Waals surface area contributed by atoms with Gasteiger partial charge in [0.05, 0.1) is 18.9 Å². The summed E-state index contributed by atoms with van der Waals surface area (Å²) < 4.78 is 7.42. The van der Waals surface area contributed by atoms with Crippen molar-refractivity contribution in [2.75, 3.05) is 26.3 Å². The predicted molar refractivity (Wildman–Crippen MR) is 90.7 cm³/mol. The number of carbonyl (C=O) groups is 1. The van der Waals surface area contributed by atoms with Crippen LogP contribution in [0, 0.1) is 0 Å². The van der Waals surface area contributed by atoms with Crippen LogP contribution in [0.1, 0.15) is 10.5 Å². The molecule has 0 radical (unpaired) electrons. The largest absolute Gasteiger partial charge is 0.378 e. The summed E-state index contributed by atoms with van der Waals surface area (Å²) in [5.74, 6) is -0.00503. The summed E-state index contributed by atoms with van der Waals surface area (Å²) in [5.41, 5.74) is 2.73. The molecule has 0 unspecified atom stereocenters. The topological polar surface area (TPSA) is 47.4 Å². The molecular weight excluding hydrogens is 310 g/mol. The Morgan fingerprint density at radius 2 is 2.04 bits per heavy atom. The van der Waals surface area contributed by atoms with Gasteiger partial charge in [0.25, 0.3) is 5.91 Å². The van der Waals surface area contributed by atoms with E-state index < -0.39 is 0 Å². The Bertz CT molecular complexity index is 862. The number of fused-ring (bicyclic) bond motifs is 1. The lowest BCUT2D eigenvalue weighted by Crippen LogP contribution is -2.40. The summed E-state index contributed by atoms with van der Waals surface area (Å²) in [6.45, 7) is 2.48.